The Bertz CT molecular complexity index is 559. The molecule has 8 nitrogen and oxygen atoms in total. The van der Waals surface area contributed by atoms with Gasteiger partial charge in [0.1, 0.15) is 19.0 Å². The van der Waals surface area contributed by atoms with Gasteiger partial charge in [0.05, 0.1) is 12.7 Å². The van der Waals surface area contributed by atoms with Gasteiger partial charge in [0.15, 0.2) is 0 Å². The molecule has 3 saturated heterocycles. The van der Waals surface area contributed by atoms with Gasteiger partial charge in [-0.05, 0) is 5.57 Å². The van der Waals surface area contributed by atoms with Crippen LogP contribution in [0.1, 0.15) is 26.7 Å². The number of aliphatic hydroxyl groups excluding tert-OH is 1. The van der Waals surface area contributed by atoms with Crippen molar-refractivity contribution in [3.63, 3.8) is 0 Å². The number of amides is 2. The Kier molecular flexibility index (Phi) is 4.29. The summed E-state index contributed by atoms with van der Waals surface area (Å²) in [7, 11) is 0. The Morgan fingerprint density at radius 2 is 1.83 bits per heavy atom. The molecule has 3 aliphatic heterocycles. The predicted octanol–water partition coefficient (Wildman–Crippen LogP) is -0.557. The van der Waals surface area contributed by atoms with E-state index in [9.17, 15) is 19.8 Å². The Morgan fingerprint density at radius 1 is 1.21 bits per heavy atom. The van der Waals surface area contributed by atoms with E-state index in [1.165, 1.54) is 0 Å². The number of imide groups is 1. The SMILES string of the molecule is C=C1COC(O)([C@H]2OCO[C@@H](C3CC(=O)NC(=O)C3)[C@H]2O)C1(C)C. The zero-order valence-corrected chi connectivity index (χ0v) is 13.8. The van der Waals surface area contributed by atoms with Crippen LogP contribution in [0.15, 0.2) is 12.2 Å². The molecule has 24 heavy (non-hydrogen) atoms. The monoisotopic (exact) mass is 341 g/mol. The quantitative estimate of drug-likeness (QED) is 0.456. The first kappa shape index (κ1) is 17.5. The van der Waals surface area contributed by atoms with Crippen molar-refractivity contribution in [1.82, 2.24) is 5.32 Å². The molecule has 3 rings (SSSR count). The molecule has 0 bridgehead atoms. The first-order valence-corrected chi connectivity index (χ1v) is 7.95. The van der Waals surface area contributed by atoms with Crippen LogP contribution in [0.3, 0.4) is 0 Å². The number of carbonyl (C=O) groups is 2. The second-order valence-corrected chi connectivity index (χ2v) is 7.18. The molecule has 0 aromatic carbocycles. The maximum absolute atomic E-state index is 11.6. The molecule has 0 aromatic rings. The molecule has 2 amide bonds. The smallest absolute Gasteiger partial charge is 0.226 e. The lowest BCUT2D eigenvalue weighted by molar-refractivity contribution is -0.350. The van der Waals surface area contributed by atoms with E-state index in [1.807, 2.05) is 0 Å². The summed E-state index contributed by atoms with van der Waals surface area (Å²) in [4.78, 5) is 23.2. The minimum Gasteiger partial charge on any atom is -0.387 e. The van der Waals surface area contributed by atoms with Crippen LogP contribution in [0.4, 0.5) is 0 Å². The van der Waals surface area contributed by atoms with Crippen LogP contribution >= 0.6 is 0 Å². The highest BCUT2D eigenvalue weighted by Gasteiger charge is 2.61. The fourth-order valence-corrected chi connectivity index (χ4v) is 3.61. The maximum atomic E-state index is 11.6. The van der Waals surface area contributed by atoms with Crippen LogP contribution in [0.2, 0.25) is 0 Å². The summed E-state index contributed by atoms with van der Waals surface area (Å²) in [6.07, 6.45) is -3.01. The van der Waals surface area contributed by atoms with Crippen molar-refractivity contribution in [2.75, 3.05) is 13.4 Å². The summed E-state index contributed by atoms with van der Waals surface area (Å²) in [5.74, 6) is -3.06. The number of nitrogens with one attached hydrogen (secondary N) is 1. The molecule has 0 spiro atoms. The van der Waals surface area contributed by atoms with Gasteiger partial charge in [-0.15, -0.1) is 0 Å². The van der Waals surface area contributed by atoms with E-state index >= 15 is 0 Å². The average Bonchev–Trinajstić information content (AvgIpc) is 2.70. The van der Waals surface area contributed by atoms with Crippen molar-refractivity contribution in [3.8, 4) is 0 Å². The van der Waals surface area contributed by atoms with Gasteiger partial charge in [-0.2, -0.15) is 0 Å². The van der Waals surface area contributed by atoms with Crippen LogP contribution in [-0.2, 0) is 23.8 Å². The van der Waals surface area contributed by atoms with Crippen molar-refractivity contribution in [1.29, 1.82) is 0 Å². The molecule has 3 N–H and O–H groups in total. The highest BCUT2D eigenvalue weighted by molar-refractivity contribution is 5.97. The van der Waals surface area contributed by atoms with Gasteiger partial charge >= 0.3 is 0 Å². The van der Waals surface area contributed by atoms with Crippen LogP contribution < -0.4 is 5.32 Å². The van der Waals surface area contributed by atoms with E-state index in [0.29, 0.717) is 5.57 Å². The average molecular weight is 341 g/mol. The van der Waals surface area contributed by atoms with Crippen LogP contribution in [0.25, 0.3) is 0 Å². The molecule has 0 saturated carbocycles. The highest BCUT2D eigenvalue weighted by atomic mass is 16.7. The van der Waals surface area contributed by atoms with Gasteiger partial charge in [0, 0.05) is 24.2 Å². The second-order valence-electron chi connectivity index (χ2n) is 7.18. The predicted molar refractivity (Wildman–Crippen MR) is 80.3 cm³/mol. The Morgan fingerprint density at radius 3 is 2.38 bits per heavy atom. The van der Waals surface area contributed by atoms with Gasteiger partial charge in [-0.1, -0.05) is 20.4 Å². The number of ether oxygens (including phenoxy) is 3. The zero-order valence-electron chi connectivity index (χ0n) is 13.8. The fourth-order valence-electron chi connectivity index (χ4n) is 3.61. The van der Waals surface area contributed by atoms with Crippen LogP contribution in [-0.4, -0.2) is 59.5 Å². The van der Waals surface area contributed by atoms with Crippen molar-refractivity contribution in [2.24, 2.45) is 11.3 Å². The largest absolute Gasteiger partial charge is 0.387 e. The lowest BCUT2D eigenvalue weighted by Gasteiger charge is -2.47. The third kappa shape index (κ3) is 2.58. The lowest BCUT2D eigenvalue weighted by atomic mass is 9.73. The number of hydrogen-bond acceptors (Lipinski definition) is 7. The van der Waals surface area contributed by atoms with Crippen molar-refractivity contribution in [2.45, 2.75) is 50.8 Å². The topological polar surface area (TPSA) is 114 Å². The Labute approximate surface area is 139 Å². The Hall–Kier alpha value is -1.32. The van der Waals surface area contributed by atoms with E-state index in [-0.39, 0.29) is 26.2 Å². The van der Waals surface area contributed by atoms with Gasteiger partial charge < -0.3 is 24.4 Å². The molecule has 3 fully saturated rings. The third-order valence-corrected chi connectivity index (χ3v) is 5.42. The standard InChI is InChI=1S/C16H23NO7/c1-8-6-24-16(21,15(8,2)3)14-12(20)13(22-7-23-14)9-4-10(18)17-11(19)5-9/h9,12-14,20-21H,1,4-7H2,2-3H3,(H,17,18,19)/t12-,13+,14+,16?/m1/s1. The summed E-state index contributed by atoms with van der Waals surface area (Å²) < 4.78 is 16.4. The van der Waals surface area contributed by atoms with Crippen LogP contribution in [0, 0.1) is 11.3 Å². The second kappa shape index (κ2) is 5.89. The van der Waals surface area contributed by atoms with E-state index in [1.54, 1.807) is 13.8 Å². The minimum atomic E-state index is -1.77. The van der Waals surface area contributed by atoms with E-state index in [4.69, 9.17) is 14.2 Å². The van der Waals surface area contributed by atoms with Crippen molar-refractivity contribution in [3.05, 3.63) is 12.2 Å². The van der Waals surface area contributed by atoms with Gasteiger partial charge in [0.25, 0.3) is 0 Å². The fraction of sp³-hybridized carbons (Fsp3) is 0.750. The lowest BCUT2D eigenvalue weighted by Crippen LogP contribution is -2.64. The molecule has 134 valence electrons. The number of piperidine rings is 1. The third-order valence-electron chi connectivity index (χ3n) is 5.42. The molecule has 0 aliphatic carbocycles. The Balaban J connectivity index is 1.83. The maximum Gasteiger partial charge on any atom is 0.226 e. The molecule has 3 heterocycles. The van der Waals surface area contributed by atoms with E-state index in [2.05, 4.69) is 11.9 Å². The zero-order chi connectivity index (χ0) is 17.7. The summed E-state index contributed by atoms with van der Waals surface area (Å²) in [6, 6.07) is 0. The van der Waals surface area contributed by atoms with Gasteiger partial charge in [0.2, 0.25) is 17.6 Å². The molecular weight excluding hydrogens is 318 g/mol. The number of rotatable bonds is 2. The normalized spacial score (nSPS) is 40.7. The molecule has 0 aromatic heterocycles. The highest BCUT2D eigenvalue weighted by Crippen LogP contribution is 2.49. The number of carbonyl (C=O) groups excluding carboxylic acids is 2. The van der Waals surface area contributed by atoms with Crippen LogP contribution in [0.5, 0.6) is 0 Å². The summed E-state index contributed by atoms with van der Waals surface area (Å²) in [5, 5.41) is 24.0. The van der Waals surface area contributed by atoms with E-state index in [0.717, 1.165) is 0 Å². The van der Waals surface area contributed by atoms with Crippen molar-refractivity contribution >= 4 is 11.8 Å². The van der Waals surface area contributed by atoms with E-state index < -0.39 is 47.2 Å². The molecular formula is C16H23NO7. The molecule has 1 unspecified atom stereocenters. The van der Waals surface area contributed by atoms with Crippen molar-refractivity contribution < 1.29 is 34.0 Å². The van der Waals surface area contributed by atoms with Gasteiger partial charge in [-0.25, -0.2) is 0 Å². The molecule has 0 radical (unpaired) electrons. The number of aliphatic hydroxyl groups is 2. The first-order chi connectivity index (χ1) is 11.2. The molecule has 3 aliphatic rings. The minimum absolute atomic E-state index is 0.0651. The molecule has 4 atom stereocenters. The summed E-state index contributed by atoms with van der Waals surface area (Å²) in [5.41, 5.74) is -0.142. The number of hydrogen-bond donors (Lipinski definition) is 3. The summed E-state index contributed by atoms with van der Waals surface area (Å²) in [6.45, 7) is 7.41. The van der Waals surface area contributed by atoms with Gasteiger partial charge in [-0.3, -0.25) is 14.9 Å². The summed E-state index contributed by atoms with van der Waals surface area (Å²) >= 11 is 0. The first-order valence-electron chi connectivity index (χ1n) is 7.95. The molecule has 8 heteroatoms.